The molecule has 1 unspecified atom stereocenters. The molecule has 194 valence electrons. The van der Waals surface area contributed by atoms with Crippen molar-refractivity contribution in [3.8, 4) is 5.75 Å². The fourth-order valence-corrected chi connectivity index (χ4v) is 5.13. The van der Waals surface area contributed by atoms with Crippen molar-refractivity contribution >= 4 is 39.3 Å². The maximum atomic E-state index is 13.8. The molecule has 1 aliphatic carbocycles. The van der Waals surface area contributed by atoms with Crippen LogP contribution in [-0.2, 0) is 22.6 Å². The lowest BCUT2D eigenvalue weighted by Gasteiger charge is -2.33. The van der Waals surface area contributed by atoms with Gasteiger partial charge in [0.05, 0.1) is 0 Å². The Morgan fingerprint density at radius 1 is 0.946 bits per heavy atom. The van der Waals surface area contributed by atoms with Crippen LogP contribution >= 0.6 is 27.5 Å². The van der Waals surface area contributed by atoms with E-state index in [1.807, 2.05) is 60.7 Å². The topological polar surface area (TPSA) is 58.6 Å². The van der Waals surface area contributed by atoms with Crippen LogP contribution in [-0.4, -0.2) is 35.4 Å². The quantitative estimate of drug-likeness (QED) is 0.294. The lowest BCUT2D eigenvalue weighted by Crippen LogP contribution is -2.53. The maximum Gasteiger partial charge on any atom is 0.261 e. The number of halogens is 2. The molecular formula is C30H32BrClN2O3. The van der Waals surface area contributed by atoms with Crippen molar-refractivity contribution in [1.82, 2.24) is 10.2 Å². The standard InChI is InChI=1S/C30H32BrClN2O3/c31-24-15-17-26(18-16-24)37-21-29(35)34(20-23-11-7-8-14-27(23)32)28(19-22-9-3-1-4-10-22)30(36)33-25-12-5-2-6-13-25/h1,3-4,7-11,14-18,25,28H,2,5-6,12-13,19-21H2,(H,33,36). The van der Waals surface area contributed by atoms with Crippen LogP contribution in [0.3, 0.4) is 0 Å². The first kappa shape index (κ1) is 27.2. The molecule has 5 nitrogen and oxygen atoms in total. The summed E-state index contributed by atoms with van der Waals surface area (Å²) in [6, 6.07) is 24.0. The number of carbonyl (C=O) groups is 2. The summed E-state index contributed by atoms with van der Waals surface area (Å²) in [7, 11) is 0. The monoisotopic (exact) mass is 582 g/mol. The summed E-state index contributed by atoms with van der Waals surface area (Å²) in [5, 5.41) is 3.80. The van der Waals surface area contributed by atoms with Crippen LogP contribution in [0.1, 0.15) is 43.2 Å². The molecule has 3 aromatic carbocycles. The SMILES string of the molecule is O=C(NC1CCCCC1)C(Cc1ccccc1)N(Cc1ccccc1Cl)C(=O)COc1ccc(Br)cc1. The average molecular weight is 584 g/mol. The van der Waals surface area contributed by atoms with Crippen molar-refractivity contribution < 1.29 is 14.3 Å². The molecule has 0 heterocycles. The number of nitrogens with one attached hydrogen (secondary N) is 1. The lowest BCUT2D eigenvalue weighted by atomic mass is 9.94. The van der Waals surface area contributed by atoms with E-state index in [1.54, 1.807) is 23.1 Å². The first-order valence-corrected chi connectivity index (χ1v) is 13.9. The second-order valence-corrected chi connectivity index (χ2v) is 10.7. The Hall–Kier alpha value is -2.83. The minimum Gasteiger partial charge on any atom is -0.484 e. The van der Waals surface area contributed by atoms with Gasteiger partial charge in [-0.05, 0) is 54.3 Å². The maximum absolute atomic E-state index is 13.8. The Kier molecular flexibility index (Phi) is 10.0. The second kappa shape index (κ2) is 13.6. The van der Waals surface area contributed by atoms with Crippen molar-refractivity contribution in [2.45, 2.75) is 57.2 Å². The van der Waals surface area contributed by atoms with E-state index in [0.29, 0.717) is 17.2 Å². The van der Waals surface area contributed by atoms with Crippen molar-refractivity contribution in [1.29, 1.82) is 0 Å². The number of hydrogen-bond donors (Lipinski definition) is 1. The fraction of sp³-hybridized carbons (Fsp3) is 0.333. The summed E-state index contributed by atoms with van der Waals surface area (Å²) in [4.78, 5) is 29.1. The fourth-order valence-electron chi connectivity index (χ4n) is 4.67. The summed E-state index contributed by atoms with van der Waals surface area (Å²) in [5.41, 5.74) is 1.77. The Bertz CT molecular complexity index is 1170. The Morgan fingerprint density at radius 3 is 2.32 bits per heavy atom. The molecule has 0 aromatic heterocycles. The van der Waals surface area contributed by atoms with Crippen molar-refractivity contribution in [2.75, 3.05) is 6.61 Å². The molecule has 1 saturated carbocycles. The molecule has 0 aliphatic heterocycles. The number of amides is 2. The van der Waals surface area contributed by atoms with Crippen LogP contribution in [0.15, 0.2) is 83.3 Å². The first-order valence-electron chi connectivity index (χ1n) is 12.7. The van der Waals surface area contributed by atoms with Crippen molar-refractivity contribution in [2.24, 2.45) is 0 Å². The number of benzene rings is 3. The van der Waals surface area contributed by atoms with Gasteiger partial charge in [0.25, 0.3) is 5.91 Å². The van der Waals surface area contributed by atoms with Crippen LogP contribution in [0.2, 0.25) is 5.02 Å². The Labute approximate surface area is 232 Å². The third-order valence-electron chi connectivity index (χ3n) is 6.70. The van der Waals surface area contributed by atoms with Gasteiger partial charge in [-0.1, -0.05) is 95.3 Å². The van der Waals surface area contributed by atoms with E-state index in [0.717, 1.165) is 41.3 Å². The molecule has 1 atom stereocenters. The van der Waals surface area contributed by atoms with Gasteiger partial charge in [-0.15, -0.1) is 0 Å². The van der Waals surface area contributed by atoms with Gasteiger partial charge in [0.15, 0.2) is 6.61 Å². The number of rotatable bonds is 10. The number of nitrogens with zero attached hydrogens (tertiary/aromatic N) is 1. The molecule has 0 bridgehead atoms. The smallest absolute Gasteiger partial charge is 0.261 e. The molecule has 0 saturated heterocycles. The molecule has 37 heavy (non-hydrogen) atoms. The van der Waals surface area contributed by atoms with Crippen LogP contribution in [0.25, 0.3) is 0 Å². The van der Waals surface area contributed by atoms with Crippen LogP contribution in [0, 0.1) is 0 Å². The molecular weight excluding hydrogens is 552 g/mol. The summed E-state index contributed by atoms with van der Waals surface area (Å²) < 4.78 is 6.75. The van der Waals surface area contributed by atoms with E-state index < -0.39 is 6.04 Å². The Balaban J connectivity index is 1.61. The average Bonchev–Trinajstić information content (AvgIpc) is 2.92. The summed E-state index contributed by atoms with van der Waals surface area (Å²) in [6.45, 7) is 0.0197. The van der Waals surface area contributed by atoms with E-state index in [4.69, 9.17) is 16.3 Å². The highest BCUT2D eigenvalue weighted by atomic mass is 79.9. The van der Waals surface area contributed by atoms with Gasteiger partial charge >= 0.3 is 0 Å². The normalized spacial score (nSPS) is 14.5. The minimum absolute atomic E-state index is 0.135. The van der Waals surface area contributed by atoms with Gasteiger partial charge in [0.1, 0.15) is 11.8 Å². The van der Waals surface area contributed by atoms with Crippen molar-refractivity contribution in [3.63, 3.8) is 0 Å². The summed E-state index contributed by atoms with van der Waals surface area (Å²) >= 11 is 9.90. The van der Waals surface area contributed by atoms with Gasteiger partial charge in [0.2, 0.25) is 5.91 Å². The van der Waals surface area contributed by atoms with Gasteiger partial charge in [-0.3, -0.25) is 9.59 Å². The third kappa shape index (κ3) is 8.08. The molecule has 1 fully saturated rings. The highest BCUT2D eigenvalue weighted by Gasteiger charge is 2.32. The van der Waals surface area contributed by atoms with Gasteiger partial charge in [-0.25, -0.2) is 0 Å². The molecule has 2 amide bonds. The van der Waals surface area contributed by atoms with Crippen molar-refractivity contribution in [3.05, 3.63) is 99.5 Å². The van der Waals surface area contributed by atoms with E-state index >= 15 is 0 Å². The number of carbonyl (C=O) groups excluding carboxylic acids is 2. The van der Waals surface area contributed by atoms with E-state index in [2.05, 4.69) is 21.2 Å². The zero-order valence-corrected chi connectivity index (χ0v) is 23.1. The summed E-state index contributed by atoms with van der Waals surface area (Å²) in [6.07, 6.45) is 5.75. The summed E-state index contributed by atoms with van der Waals surface area (Å²) in [5.74, 6) is 0.169. The predicted molar refractivity (Wildman–Crippen MR) is 151 cm³/mol. The molecule has 1 N–H and O–H groups in total. The first-order chi connectivity index (χ1) is 18.0. The van der Waals surface area contributed by atoms with E-state index in [-0.39, 0.29) is 31.0 Å². The predicted octanol–water partition coefficient (Wildman–Crippen LogP) is 6.57. The number of hydrogen-bond acceptors (Lipinski definition) is 3. The molecule has 0 spiro atoms. The molecule has 1 aliphatic rings. The number of ether oxygens (including phenoxy) is 1. The second-order valence-electron chi connectivity index (χ2n) is 9.40. The zero-order valence-electron chi connectivity index (χ0n) is 20.7. The molecule has 7 heteroatoms. The highest BCUT2D eigenvalue weighted by Crippen LogP contribution is 2.23. The molecule has 4 rings (SSSR count). The van der Waals surface area contributed by atoms with Gasteiger partial charge in [-0.2, -0.15) is 0 Å². The van der Waals surface area contributed by atoms with Crippen LogP contribution in [0.5, 0.6) is 5.75 Å². The van der Waals surface area contributed by atoms with E-state index in [9.17, 15) is 9.59 Å². The van der Waals surface area contributed by atoms with Gasteiger partial charge < -0.3 is 15.0 Å². The van der Waals surface area contributed by atoms with Gasteiger partial charge in [0, 0.05) is 28.5 Å². The largest absolute Gasteiger partial charge is 0.484 e. The van der Waals surface area contributed by atoms with Crippen LogP contribution in [0.4, 0.5) is 0 Å². The van der Waals surface area contributed by atoms with Crippen LogP contribution < -0.4 is 10.1 Å². The molecule has 3 aromatic rings. The minimum atomic E-state index is -0.707. The van der Waals surface area contributed by atoms with E-state index in [1.165, 1.54) is 6.42 Å². The Morgan fingerprint density at radius 2 is 1.62 bits per heavy atom. The third-order valence-corrected chi connectivity index (χ3v) is 7.59. The highest BCUT2D eigenvalue weighted by molar-refractivity contribution is 9.10. The lowest BCUT2D eigenvalue weighted by molar-refractivity contribution is -0.143. The zero-order chi connectivity index (χ0) is 26.0. The molecule has 0 radical (unpaired) electrons.